The monoisotopic (exact) mass is 315 g/mol. The number of alkyl halides is 1. The smallest absolute Gasteiger partial charge is 0.253 e. The zero-order valence-electron chi connectivity index (χ0n) is 10.3. The number of rotatable bonds is 6. The molecule has 0 aliphatic rings. The Hall–Kier alpha value is -0.480. The summed E-state index contributed by atoms with van der Waals surface area (Å²) in [7, 11) is 0. The number of benzene rings is 1. The third-order valence-electron chi connectivity index (χ3n) is 2.57. The number of carbonyl (C=O) groups is 1. The van der Waals surface area contributed by atoms with Crippen molar-refractivity contribution in [2.24, 2.45) is 0 Å². The van der Waals surface area contributed by atoms with Crippen LogP contribution in [0.5, 0.6) is 0 Å². The highest BCUT2D eigenvalue weighted by Gasteiger charge is 2.13. The summed E-state index contributed by atoms with van der Waals surface area (Å²) in [4.78, 5) is 15.3. The van der Waals surface area contributed by atoms with Gasteiger partial charge >= 0.3 is 0 Å². The van der Waals surface area contributed by atoms with Gasteiger partial charge in [-0.1, -0.05) is 15.9 Å². The maximum Gasteiger partial charge on any atom is 0.253 e. The standard InChI is InChI=1S/C13H18BrNOS/c1-3-15(10-4-9-14)13(16)11-5-7-12(17-2)8-6-11/h5-8H,3-4,9-10H2,1-2H3. The van der Waals surface area contributed by atoms with Crippen LogP contribution in [0.4, 0.5) is 0 Å². The largest absolute Gasteiger partial charge is 0.339 e. The van der Waals surface area contributed by atoms with Gasteiger partial charge in [0, 0.05) is 28.9 Å². The Morgan fingerprint density at radius 2 is 2.00 bits per heavy atom. The van der Waals surface area contributed by atoms with Crippen LogP contribution < -0.4 is 0 Å². The molecule has 0 aromatic heterocycles. The van der Waals surface area contributed by atoms with Gasteiger partial charge in [0.25, 0.3) is 5.91 Å². The summed E-state index contributed by atoms with van der Waals surface area (Å²) in [6.45, 7) is 3.59. The van der Waals surface area contributed by atoms with Gasteiger partial charge in [-0.15, -0.1) is 11.8 Å². The summed E-state index contributed by atoms with van der Waals surface area (Å²) in [6.07, 6.45) is 3.02. The molecule has 0 radical (unpaired) electrons. The molecule has 1 aromatic rings. The van der Waals surface area contributed by atoms with Crippen LogP contribution in [0.3, 0.4) is 0 Å². The first kappa shape index (κ1) is 14.6. The Bertz CT molecular complexity index is 353. The van der Waals surface area contributed by atoms with Gasteiger partial charge in [0.05, 0.1) is 0 Å². The molecule has 0 spiro atoms. The Morgan fingerprint density at radius 3 is 2.47 bits per heavy atom. The highest BCUT2D eigenvalue weighted by Crippen LogP contribution is 2.16. The molecule has 1 amide bonds. The Labute approximate surface area is 116 Å². The summed E-state index contributed by atoms with van der Waals surface area (Å²) in [6, 6.07) is 7.81. The minimum absolute atomic E-state index is 0.126. The fourth-order valence-electron chi connectivity index (χ4n) is 1.57. The van der Waals surface area contributed by atoms with Crippen LogP contribution in [0.25, 0.3) is 0 Å². The van der Waals surface area contributed by atoms with Crippen LogP contribution in [0.15, 0.2) is 29.2 Å². The molecule has 2 nitrogen and oxygen atoms in total. The van der Waals surface area contributed by atoms with Gasteiger partial charge in [-0.3, -0.25) is 4.79 Å². The van der Waals surface area contributed by atoms with E-state index >= 15 is 0 Å². The fraction of sp³-hybridized carbons (Fsp3) is 0.462. The van der Waals surface area contributed by atoms with E-state index in [1.54, 1.807) is 11.8 Å². The highest BCUT2D eigenvalue weighted by molar-refractivity contribution is 9.09. The van der Waals surface area contributed by atoms with E-state index in [4.69, 9.17) is 0 Å². The minimum Gasteiger partial charge on any atom is -0.339 e. The normalized spacial score (nSPS) is 10.3. The molecule has 0 aliphatic carbocycles. The molecule has 1 rings (SSSR count). The molecule has 94 valence electrons. The number of amides is 1. The summed E-state index contributed by atoms with van der Waals surface area (Å²) in [5.74, 6) is 0.126. The van der Waals surface area contributed by atoms with Crippen molar-refractivity contribution >= 4 is 33.6 Å². The molecule has 17 heavy (non-hydrogen) atoms. The molecule has 0 unspecified atom stereocenters. The third-order valence-corrected chi connectivity index (χ3v) is 3.87. The maximum absolute atomic E-state index is 12.2. The van der Waals surface area contributed by atoms with Crippen molar-refractivity contribution in [3.05, 3.63) is 29.8 Å². The van der Waals surface area contributed by atoms with E-state index in [2.05, 4.69) is 15.9 Å². The molecule has 4 heteroatoms. The second-order valence-corrected chi connectivity index (χ2v) is 5.33. The van der Waals surface area contributed by atoms with Crippen LogP contribution in [0, 0.1) is 0 Å². The number of halogens is 1. The number of nitrogens with zero attached hydrogens (tertiary/aromatic N) is 1. The first-order valence-corrected chi connectivity index (χ1v) is 8.06. The molecule has 0 atom stereocenters. The molecular formula is C13H18BrNOS. The summed E-state index contributed by atoms with van der Waals surface area (Å²) in [5, 5.41) is 0.933. The van der Waals surface area contributed by atoms with Gasteiger partial charge in [0.15, 0.2) is 0 Å². The van der Waals surface area contributed by atoms with E-state index in [9.17, 15) is 4.79 Å². The predicted octanol–water partition coefficient (Wildman–Crippen LogP) is 3.66. The lowest BCUT2D eigenvalue weighted by molar-refractivity contribution is 0.0765. The Kier molecular flexibility index (Phi) is 6.66. The van der Waals surface area contributed by atoms with Crippen molar-refractivity contribution in [1.82, 2.24) is 4.90 Å². The zero-order chi connectivity index (χ0) is 12.7. The van der Waals surface area contributed by atoms with Crippen molar-refractivity contribution in [3.8, 4) is 0 Å². The number of thioether (sulfide) groups is 1. The van der Waals surface area contributed by atoms with Gasteiger partial charge in [-0.25, -0.2) is 0 Å². The summed E-state index contributed by atoms with van der Waals surface area (Å²) < 4.78 is 0. The molecule has 0 aliphatic heterocycles. The molecule has 0 saturated heterocycles. The van der Waals surface area contributed by atoms with Crippen molar-refractivity contribution in [2.45, 2.75) is 18.2 Å². The van der Waals surface area contributed by atoms with Crippen molar-refractivity contribution in [2.75, 3.05) is 24.7 Å². The van der Waals surface area contributed by atoms with Crippen LogP contribution in [-0.4, -0.2) is 35.5 Å². The first-order chi connectivity index (χ1) is 8.22. The number of carbonyl (C=O) groups excluding carboxylic acids is 1. The lowest BCUT2D eigenvalue weighted by Gasteiger charge is -2.20. The Balaban J connectivity index is 2.71. The molecule has 0 saturated carbocycles. The van der Waals surface area contributed by atoms with Crippen molar-refractivity contribution in [1.29, 1.82) is 0 Å². The second kappa shape index (κ2) is 7.77. The van der Waals surface area contributed by atoms with Gasteiger partial charge < -0.3 is 4.90 Å². The van der Waals surface area contributed by atoms with Crippen molar-refractivity contribution < 1.29 is 4.79 Å². The predicted molar refractivity (Wildman–Crippen MR) is 78.2 cm³/mol. The van der Waals surface area contributed by atoms with Gasteiger partial charge in [0.2, 0.25) is 0 Å². The lowest BCUT2D eigenvalue weighted by Crippen LogP contribution is -2.31. The molecule has 0 N–H and O–H groups in total. The SMILES string of the molecule is CCN(CCCBr)C(=O)c1ccc(SC)cc1. The van der Waals surface area contributed by atoms with E-state index in [1.807, 2.05) is 42.3 Å². The molecular weight excluding hydrogens is 298 g/mol. The number of hydrogen-bond donors (Lipinski definition) is 0. The van der Waals surface area contributed by atoms with Crippen LogP contribution >= 0.6 is 27.7 Å². The Morgan fingerprint density at radius 1 is 1.35 bits per heavy atom. The van der Waals surface area contributed by atoms with Gasteiger partial charge in [-0.2, -0.15) is 0 Å². The van der Waals surface area contributed by atoms with E-state index in [-0.39, 0.29) is 5.91 Å². The van der Waals surface area contributed by atoms with E-state index < -0.39 is 0 Å². The third kappa shape index (κ3) is 4.36. The molecule has 0 fully saturated rings. The van der Waals surface area contributed by atoms with Crippen LogP contribution in [-0.2, 0) is 0 Å². The summed E-state index contributed by atoms with van der Waals surface area (Å²) in [5.41, 5.74) is 0.777. The minimum atomic E-state index is 0.126. The molecule has 0 heterocycles. The average molecular weight is 316 g/mol. The van der Waals surface area contributed by atoms with Gasteiger partial charge in [0.1, 0.15) is 0 Å². The molecule has 0 bridgehead atoms. The van der Waals surface area contributed by atoms with E-state index in [1.165, 1.54) is 4.90 Å². The lowest BCUT2D eigenvalue weighted by atomic mass is 10.2. The van der Waals surface area contributed by atoms with Crippen LogP contribution in [0.1, 0.15) is 23.7 Å². The highest BCUT2D eigenvalue weighted by atomic mass is 79.9. The average Bonchev–Trinajstić information content (AvgIpc) is 2.39. The summed E-state index contributed by atoms with van der Waals surface area (Å²) >= 11 is 5.08. The van der Waals surface area contributed by atoms with Gasteiger partial charge in [-0.05, 0) is 43.9 Å². The molecule has 1 aromatic carbocycles. The maximum atomic E-state index is 12.2. The number of hydrogen-bond acceptors (Lipinski definition) is 2. The van der Waals surface area contributed by atoms with E-state index in [0.29, 0.717) is 0 Å². The topological polar surface area (TPSA) is 20.3 Å². The van der Waals surface area contributed by atoms with Crippen LogP contribution in [0.2, 0.25) is 0 Å². The van der Waals surface area contributed by atoms with E-state index in [0.717, 1.165) is 30.4 Å². The first-order valence-electron chi connectivity index (χ1n) is 5.72. The zero-order valence-corrected chi connectivity index (χ0v) is 12.7. The fourth-order valence-corrected chi connectivity index (χ4v) is 2.23. The second-order valence-electron chi connectivity index (χ2n) is 3.66. The quantitative estimate of drug-likeness (QED) is 0.590. The van der Waals surface area contributed by atoms with Crippen molar-refractivity contribution in [3.63, 3.8) is 0 Å².